The highest BCUT2D eigenvalue weighted by molar-refractivity contribution is 4.70. The quantitative estimate of drug-likeness (QED) is 0.779. The third-order valence-corrected chi connectivity index (χ3v) is 4.51. The van der Waals surface area contributed by atoms with E-state index in [9.17, 15) is 0 Å². The Labute approximate surface area is 106 Å². The summed E-state index contributed by atoms with van der Waals surface area (Å²) in [6.45, 7) is 3.07. The summed E-state index contributed by atoms with van der Waals surface area (Å²) in [7, 11) is 0. The summed E-state index contributed by atoms with van der Waals surface area (Å²) in [5, 5.41) is 17.6. The molecule has 2 heteroatoms. The Bertz CT molecular complexity index is 176. The third kappa shape index (κ3) is 5.87. The predicted octanol–water partition coefficient (Wildman–Crippen LogP) is 3.36. The maximum Gasteiger partial charge on any atom is 0.0461 e. The molecule has 0 aromatic heterocycles. The van der Waals surface area contributed by atoms with Gasteiger partial charge in [-0.1, -0.05) is 45.4 Å². The minimum absolute atomic E-state index is 0.404. The Balaban J connectivity index is 0.000000171. The lowest BCUT2D eigenvalue weighted by Crippen LogP contribution is -2.19. The van der Waals surface area contributed by atoms with Crippen LogP contribution in [0.1, 0.15) is 64.7 Å². The molecule has 2 saturated carbocycles. The van der Waals surface area contributed by atoms with Gasteiger partial charge in [0.25, 0.3) is 0 Å². The van der Waals surface area contributed by atoms with Gasteiger partial charge in [-0.2, -0.15) is 0 Å². The van der Waals surface area contributed by atoms with Crippen molar-refractivity contribution in [2.75, 3.05) is 13.2 Å². The van der Waals surface area contributed by atoms with Gasteiger partial charge in [0.1, 0.15) is 0 Å². The van der Waals surface area contributed by atoms with Crippen LogP contribution in [0.3, 0.4) is 0 Å². The first-order valence-corrected chi connectivity index (χ1v) is 7.49. The first-order chi connectivity index (χ1) is 8.27. The summed E-state index contributed by atoms with van der Waals surface area (Å²) in [6, 6.07) is 0. The Hall–Kier alpha value is -0.0800. The summed E-state index contributed by atoms with van der Waals surface area (Å²) in [4.78, 5) is 0. The van der Waals surface area contributed by atoms with Crippen LogP contribution in [0.15, 0.2) is 0 Å². The smallest absolute Gasteiger partial charge is 0.0461 e. The lowest BCUT2D eigenvalue weighted by atomic mass is 9.81. The summed E-state index contributed by atoms with van der Waals surface area (Å²) in [6.07, 6.45) is 11.9. The van der Waals surface area contributed by atoms with Gasteiger partial charge in [-0.3, -0.25) is 0 Å². The van der Waals surface area contributed by atoms with Crippen LogP contribution in [0, 0.1) is 17.8 Å². The van der Waals surface area contributed by atoms with Crippen LogP contribution >= 0.6 is 0 Å². The molecular formula is C15H30O2. The third-order valence-electron chi connectivity index (χ3n) is 4.51. The Kier molecular flexibility index (Phi) is 7.87. The number of aliphatic hydroxyl groups excluding tert-OH is 2. The summed E-state index contributed by atoms with van der Waals surface area (Å²) < 4.78 is 0. The molecule has 102 valence electrons. The molecule has 0 saturated heterocycles. The van der Waals surface area contributed by atoms with E-state index >= 15 is 0 Å². The maximum absolute atomic E-state index is 8.86. The van der Waals surface area contributed by atoms with Gasteiger partial charge < -0.3 is 10.2 Å². The Morgan fingerprint density at radius 2 is 1.35 bits per heavy atom. The van der Waals surface area contributed by atoms with Gasteiger partial charge in [0.2, 0.25) is 0 Å². The second kappa shape index (κ2) is 8.93. The molecule has 0 aromatic carbocycles. The second-order valence-corrected chi connectivity index (χ2v) is 5.89. The van der Waals surface area contributed by atoms with Crippen molar-refractivity contribution < 1.29 is 10.2 Å². The Morgan fingerprint density at radius 3 is 1.76 bits per heavy atom. The van der Waals surface area contributed by atoms with Crippen molar-refractivity contribution in [1.29, 1.82) is 0 Å². The lowest BCUT2D eigenvalue weighted by Gasteiger charge is -2.26. The van der Waals surface area contributed by atoms with Crippen molar-refractivity contribution in [3.8, 4) is 0 Å². The molecule has 0 radical (unpaired) electrons. The molecule has 0 spiro atoms. The molecule has 0 aromatic rings. The minimum atomic E-state index is 0.404. The highest BCUT2D eigenvalue weighted by Crippen LogP contribution is 2.28. The first-order valence-electron chi connectivity index (χ1n) is 7.49. The van der Waals surface area contributed by atoms with Crippen molar-refractivity contribution in [3.05, 3.63) is 0 Å². The van der Waals surface area contributed by atoms with Gasteiger partial charge in [0, 0.05) is 13.2 Å². The van der Waals surface area contributed by atoms with E-state index < -0.39 is 0 Å². The van der Waals surface area contributed by atoms with E-state index in [-0.39, 0.29) is 0 Å². The van der Waals surface area contributed by atoms with Crippen molar-refractivity contribution in [2.45, 2.75) is 64.7 Å². The molecule has 0 aliphatic heterocycles. The van der Waals surface area contributed by atoms with E-state index in [0.29, 0.717) is 25.0 Å². The molecular weight excluding hydrogens is 212 g/mol. The highest BCUT2D eigenvalue weighted by Gasteiger charge is 2.19. The van der Waals surface area contributed by atoms with E-state index in [1.165, 1.54) is 57.8 Å². The van der Waals surface area contributed by atoms with Crippen LogP contribution in [0.2, 0.25) is 0 Å². The van der Waals surface area contributed by atoms with E-state index in [1.54, 1.807) is 0 Å². The van der Waals surface area contributed by atoms with Gasteiger partial charge >= 0.3 is 0 Å². The normalized spacial score (nSPS) is 30.5. The van der Waals surface area contributed by atoms with E-state index in [0.717, 1.165) is 5.92 Å². The predicted molar refractivity (Wildman–Crippen MR) is 71.9 cm³/mol. The number of rotatable bonds is 2. The number of hydrogen-bond acceptors (Lipinski definition) is 2. The van der Waals surface area contributed by atoms with Crippen LogP contribution in [0.4, 0.5) is 0 Å². The standard InChI is InChI=1S/C8H16O.C7H14O/c1-7-4-2-3-5-8(7)6-9;8-6-7-4-2-1-3-5-7/h7-9H,2-6H2,1H3;7-8H,1-6H2. The second-order valence-electron chi connectivity index (χ2n) is 5.89. The number of aliphatic hydroxyl groups is 2. The van der Waals surface area contributed by atoms with Crippen LogP contribution in [-0.4, -0.2) is 23.4 Å². The van der Waals surface area contributed by atoms with Crippen molar-refractivity contribution in [2.24, 2.45) is 17.8 Å². The summed E-state index contributed by atoms with van der Waals surface area (Å²) in [5.41, 5.74) is 0. The van der Waals surface area contributed by atoms with Crippen LogP contribution in [0.5, 0.6) is 0 Å². The van der Waals surface area contributed by atoms with E-state index in [4.69, 9.17) is 10.2 Å². The van der Waals surface area contributed by atoms with E-state index in [2.05, 4.69) is 6.92 Å². The molecule has 0 heterocycles. The van der Waals surface area contributed by atoms with Gasteiger partial charge in [0.15, 0.2) is 0 Å². The van der Waals surface area contributed by atoms with Crippen molar-refractivity contribution >= 4 is 0 Å². The van der Waals surface area contributed by atoms with Gasteiger partial charge in [-0.15, -0.1) is 0 Å². The van der Waals surface area contributed by atoms with Crippen LogP contribution in [-0.2, 0) is 0 Å². The van der Waals surface area contributed by atoms with Gasteiger partial charge in [-0.25, -0.2) is 0 Å². The zero-order valence-electron chi connectivity index (χ0n) is 11.4. The largest absolute Gasteiger partial charge is 0.396 e. The average molecular weight is 242 g/mol. The molecule has 2 aliphatic carbocycles. The maximum atomic E-state index is 8.86. The lowest BCUT2D eigenvalue weighted by molar-refractivity contribution is 0.144. The van der Waals surface area contributed by atoms with E-state index in [1.807, 2.05) is 0 Å². The molecule has 2 rings (SSSR count). The van der Waals surface area contributed by atoms with Crippen molar-refractivity contribution in [1.82, 2.24) is 0 Å². The van der Waals surface area contributed by atoms with Crippen molar-refractivity contribution in [3.63, 3.8) is 0 Å². The fourth-order valence-electron chi connectivity index (χ4n) is 3.03. The summed E-state index contributed by atoms with van der Waals surface area (Å²) >= 11 is 0. The molecule has 0 amide bonds. The van der Waals surface area contributed by atoms with Crippen LogP contribution < -0.4 is 0 Å². The molecule has 2 atom stereocenters. The van der Waals surface area contributed by atoms with Gasteiger partial charge in [-0.05, 0) is 37.0 Å². The molecule has 0 bridgehead atoms. The molecule has 17 heavy (non-hydrogen) atoms. The molecule has 2 N–H and O–H groups in total. The van der Waals surface area contributed by atoms with Gasteiger partial charge in [0.05, 0.1) is 0 Å². The average Bonchev–Trinajstić information content (AvgIpc) is 2.41. The molecule has 2 aliphatic rings. The molecule has 2 fully saturated rings. The Morgan fingerprint density at radius 1 is 0.765 bits per heavy atom. The van der Waals surface area contributed by atoms with Crippen LogP contribution in [0.25, 0.3) is 0 Å². The minimum Gasteiger partial charge on any atom is -0.396 e. The highest BCUT2D eigenvalue weighted by atomic mass is 16.3. The molecule has 2 unspecified atom stereocenters. The zero-order valence-corrected chi connectivity index (χ0v) is 11.4. The fraction of sp³-hybridized carbons (Fsp3) is 1.00. The zero-order chi connectivity index (χ0) is 12.5. The fourth-order valence-corrected chi connectivity index (χ4v) is 3.03. The monoisotopic (exact) mass is 242 g/mol. The molecule has 2 nitrogen and oxygen atoms in total. The topological polar surface area (TPSA) is 40.5 Å². The first kappa shape index (κ1) is 15.0. The summed E-state index contributed by atoms with van der Waals surface area (Å²) in [5.74, 6) is 2.02. The SMILES string of the molecule is CC1CCCCC1CO.OCC1CCCCC1. The number of hydrogen-bond donors (Lipinski definition) is 2.